The molecule has 1 aromatic heterocycles. The van der Waals surface area contributed by atoms with E-state index in [9.17, 15) is 8.78 Å². The number of aryl methyl sites for hydroxylation is 1. The van der Waals surface area contributed by atoms with Crippen molar-refractivity contribution in [3.8, 4) is 5.75 Å². The van der Waals surface area contributed by atoms with E-state index in [0.717, 1.165) is 18.7 Å². The first-order valence-corrected chi connectivity index (χ1v) is 6.96. The van der Waals surface area contributed by atoms with Crippen molar-refractivity contribution in [2.75, 3.05) is 6.54 Å². The fourth-order valence-electron chi connectivity index (χ4n) is 1.93. The first kappa shape index (κ1) is 15.4. The lowest BCUT2D eigenvalue weighted by atomic mass is 10.2. The monoisotopic (exact) mass is 295 g/mol. The second-order valence-corrected chi connectivity index (χ2v) is 4.66. The zero-order valence-electron chi connectivity index (χ0n) is 12.2. The molecule has 1 N–H and O–H groups in total. The van der Waals surface area contributed by atoms with Gasteiger partial charge < -0.3 is 10.1 Å². The molecule has 0 aliphatic rings. The minimum absolute atomic E-state index is 0.0837. The van der Waals surface area contributed by atoms with Gasteiger partial charge in [-0.15, -0.1) is 0 Å². The van der Waals surface area contributed by atoms with Gasteiger partial charge in [0.15, 0.2) is 17.4 Å². The van der Waals surface area contributed by atoms with E-state index in [1.54, 1.807) is 17.1 Å². The standard InChI is InChI=1S/C15H19F2N3O/c1-3-18-7-11-5-13(16)15(14(17)6-11)21-10-12-8-19-20(4-2)9-12/h5-6,8-9,18H,3-4,7,10H2,1-2H3. The average Bonchev–Trinajstić information content (AvgIpc) is 2.92. The summed E-state index contributed by atoms with van der Waals surface area (Å²) in [6, 6.07) is 2.58. The van der Waals surface area contributed by atoms with E-state index in [-0.39, 0.29) is 12.4 Å². The second kappa shape index (κ2) is 7.17. The molecule has 114 valence electrons. The molecule has 1 heterocycles. The Labute approximate surface area is 122 Å². The van der Waals surface area contributed by atoms with Crippen LogP contribution in [0.3, 0.4) is 0 Å². The highest BCUT2D eigenvalue weighted by Gasteiger charge is 2.13. The van der Waals surface area contributed by atoms with Crippen LogP contribution < -0.4 is 10.1 Å². The third-order valence-corrected chi connectivity index (χ3v) is 3.03. The molecular formula is C15H19F2N3O. The van der Waals surface area contributed by atoms with Gasteiger partial charge >= 0.3 is 0 Å². The van der Waals surface area contributed by atoms with Gasteiger partial charge in [-0.3, -0.25) is 4.68 Å². The molecule has 0 atom stereocenters. The van der Waals surface area contributed by atoms with Gasteiger partial charge in [-0.05, 0) is 31.2 Å². The van der Waals surface area contributed by atoms with Crippen molar-refractivity contribution in [2.24, 2.45) is 0 Å². The summed E-state index contributed by atoms with van der Waals surface area (Å²) in [4.78, 5) is 0. The number of hydrogen-bond acceptors (Lipinski definition) is 3. The van der Waals surface area contributed by atoms with Crippen LogP contribution in [0.15, 0.2) is 24.5 Å². The summed E-state index contributed by atoms with van der Waals surface area (Å²) in [6.45, 7) is 5.87. The van der Waals surface area contributed by atoms with Gasteiger partial charge in [0.1, 0.15) is 6.61 Å². The molecule has 21 heavy (non-hydrogen) atoms. The SMILES string of the molecule is CCNCc1cc(F)c(OCc2cnn(CC)c2)c(F)c1. The Hall–Kier alpha value is -1.95. The summed E-state index contributed by atoms with van der Waals surface area (Å²) in [5, 5.41) is 7.10. The predicted molar refractivity (Wildman–Crippen MR) is 76.0 cm³/mol. The van der Waals surface area contributed by atoms with E-state index in [2.05, 4.69) is 10.4 Å². The van der Waals surface area contributed by atoms with E-state index in [0.29, 0.717) is 12.1 Å². The number of hydrogen-bond donors (Lipinski definition) is 1. The minimum atomic E-state index is -0.689. The second-order valence-electron chi connectivity index (χ2n) is 4.66. The van der Waals surface area contributed by atoms with Crippen LogP contribution in [0.25, 0.3) is 0 Å². The topological polar surface area (TPSA) is 39.1 Å². The van der Waals surface area contributed by atoms with Crippen molar-refractivity contribution in [2.45, 2.75) is 33.5 Å². The lowest BCUT2D eigenvalue weighted by molar-refractivity contribution is 0.273. The molecule has 2 aromatic rings. The van der Waals surface area contributed by atoms with Gasteiger partial charge in [-0.25, -0.2) is 8.78 Å². The van der Waals surface area contributed by atoms with Gasteiger partial charge in [0.05, 0.1) is 6.20 Å². The molecule has 1 aromatic carbocycles. The summed E-state index contributed by atoms with van der Waals surface area (Å²) in [7, 11) is 0. The maximum Gasteiger partial charge on any atom is 0.191 e. The van der Waals surface area contributed by atoms with E-state index >= 15 is 0 Å². The number of nitrogens with one attached hydrogen (secondary N) is 1. The number of benzene rings is 1. The number of rotatable bonds is 7. The fraction of sp³-hybridized carbons (Fsp3) is 0.400. The molecule has 0 radical (unpaired) electrons. The zero-order chi connectivity index (χ0) is 15.2. The summed E-state index contributed by atoms with van der Waals surface area (Å²) >= 11 is 0. The van der Waals surface area contributed by atoms with Crippen LogP contribution >= 0.6 is 0 Å². The largest absolute Gasteiger partial charge is 0.483 e. The zero-order valence-corrected chi connectivity index (χ0v) is 12.2. The van der Waals surface area contributed by atoms with Gasteiger partial charge in [0.2, 0.25) is 0 Å². The van der Waals surface area contributed by atoms with E-state index in [1.807, 2.05) is 13.8 Å². The molecule has 0 spiro atoms. The fourth-order valence-corrected chi connectivity index (χ4v) is 1.93. The molecule has 6 heteroatoms. The van der Waals surface area contributed by atoms with Crippen molar-refractivity contribution in [1.82, 2.24) is 15.1 Å². The Balaban J connectivity index is 2.05. The van der Waals surface area contributed by atoms with Crippen LogP contribution in [0, 0.1) is 11.6 Å². The van der Waals surface area contributed by atoms with Crippen LogP contribution in [0.4, 0.5) is 8.78 Å². The van der Waals surface area contributed by atoms with Crippen molar-refractivity contribution < 1.29 is 13.5 Å². The van der Waals surface area contributed by atoms with Crippen molar-refractivity contribution in [3.63, 3.8) is 0 Å². The summed E-state index contributed by atoms with van der Waals surface area (Å²) < 4.78 is 34.8. The Morgan fingerprint density at radius 3 is 2.48 bits per heavy atom. The Bertz CT molecular complexity index is 575. The summed E-state index contributed by atoms with van der Waals surface area (Å²) in [5.41, 5.74) is 1.32. The van der Waals surface area contributed by atoms with E-state index in [1.165, 1.54) is 12.1 Å². The molecule has 4 nitrogen and oxygen atoms in total. The molecule has 0 aliphatic heterocycles. The van der Waals surface area contributed by atoms with Crippen LogP contribution in [0.5, 0.6) is 5.75 Å². The molecular weight excluding hydrogens is 276 g/mol. The first-order valence-electron chi connectivity index (χ1n) is 6.96. The third-order valence-electron chi connectivity index (χ3n) is 3.03. The molecule has 0 unspecified atom stereocenters. The highest BCUT2D eigenvalue weighted by molar-refractivity contribution is 5.31. The molecule has 0 aliphatic carbocycles. The molecule has 0 fully saturated rings. The van der Waals surface area contributed by atoms with Crippen LogP contribution in [0.2, 0.25) is 0 Å². The minimum Gasteiger partial charge on any atom is -0.483 e. The van der Waals surface area contributed by atoms with Gasteiger partial charge in [-0.2, -0.15) is 5.10 Å². The summed E-state index contributed by atoms with van der Waals surface area (Å²) in [5.74, 6) is -1.73. The van der Waals surface area contributed by atoms with Gasteiger partial charge in [0, 0.05) is 24.8 Å². The Morgan fingerprint density at radius 1 is 1.19 bits per heavy atom. The quantitative estimate of drug-likeness (QED) is 0.853. The lowest BCUT2D eigenvalue weighted by Gasteiger charge is -2.09. The number of ether oxygens (including phenoxy) is 1. The van der Waals surface area contributed by atoms with E-state index in [4.69, 9.17) is 4.74 Å². The Morgan fingerprint density at radius 2 is 1.90 bits per heavy atom. The third kappa shape index (κ3) is 4.01. The summed E-state index contributed by atoms with van der Waals surface area (Å²) in [6.07, 6.45) is 3.41. The highest BCUT2D eigenvalue weighted by Crippen LogP contribution is 2.24. The van der Waals surface area contributed by atoms with Crippen molar-refractivity contribution >= 4 is 0 Å². The van der Waals surface area contributed by atoms with Gasteiger partial charge in [0.25, 0.3) is 0 Å². The number of halogens is 2. The molecule has 0 saturated heterocycles. The molecule has 0 saturated carbocycles. The first-order chi connectivity index (χ1) is 10.1. The number of nitrogens with zero attached hydrogens (tertiary/aromatic N) is 2. The molecule has 0 amide bonds. The predicted octanol–water partition coefficient (Wildman–Crippen LogP) is 2.87. The van der Waals surface area contributed by atoms with Gasteiger partial charge in [-0.1, -0.05) is 6.92 Å². The van der Waals surface area contributed by atoms with Crippen LogP contribution in [-0.2, 0) is 19.7 Å². The molecule has 2 rings (SSSR count). The van der Waals surface area contributed by atoms with Crippen LogP contribution in [0.1, 0.15) is 25.0 Å². The van der Waals surface area contributed by atoms with Crippen molar-refractivity contribution in [1.29, 1.82) is 0 Å². The maximum atomic E-state index is 13.9. The lowest BCUT2D eigenvalue weighted by Crippen LogP contribution is -2.12. The highest BCUT2D eigenvalue weighted by atomic mass is 19.1. The Kier molecular flexibility index (Phi) is 5.27. The maximum absolute atomic E-state index is 13.9. The smallest absolute Gasteiger partial charge is 0.191 e. The number of aromatic nitrogens is 2. The van der Waals surface area contributed by atoms with Crippen LogP contribution in [-0.4, -0.2) is 16.3 Å². The normalized spacial score (nSPS) is 10.9. The average molecular weight is 295 g/mol. The molecule has 0 bridgehead atoms. The van der Waals surface area contributed by atoms with Crippen molar-refractivity contribution in [3.05, 3.63) is 47.3 Å². The van der Waals surface area contributed by atoms with E-state index < -0.39 is 11.6 Å².